The van der Waals surface area contributed by atoms with Crippen molar-refractivity contribution in [1.29, 1.82) is 0 Å². The van der Waals surface area contributed by atoms with Crippen LogP contribution in [0.15, 0.2) is 30.3 Å². The number of carbonyl (C=O) groups excluding carboxylic acids is 2. The molecule has 0 spiro atoms. The SMILES string of the molecule is CCCCN1CCN(C(C)(C(=O)O)c2ccccc2)C(=O)C1=O. The minimum Gasteiger partial charge on any atom is -0.479 e. The van der Waals surface area contributed by atoms with Gasteiger partial charge in [-0.3, -0.25) is 9.59 Å². The van der Waals surface area contributed by atoms with Crippen molar-refractivity contribution in [2.24, 2.45) is 0 Å². The first-order valence-electron chi connectivity index (χ1n) is 7.82. The summed E-state index contributed by atoms with van der Waals surface area (Å²) >= 11 is 0. The van der Waals surface area contributed by atoms with E-state index in [-0.39, 0.29) is 6.54 Å². The Bertz CT molecular complexity index is 602. The van der Waals surface area contributed by atoms with Crippen LogP contribution in [0.25, 0.3) is 0 Å². The number of carboxylic acids is 1. The molecule has 0 aliphatic carbocycles. The van der Waals surface area contributed by atoms with Gasteiger partial charge in [0, 0.05) is 19.6 Å². The summed E-state index contributed by atoms with van der Waals surface area (Å²) in [5, 5.41) is 9.73. The maximum absolute atomic E-state index is 12.5. The van der Waals surface area contributed by atoms with Gasteiger partial charge in [-0.15, -0.1) is 0 Å². The third-order valence-electron chi connectivity index (χ3n) is 4.38. The van der Waals surface area contributed by atoms with Crippen LogP contribution < -0.4 is 0 Å². The van der Waals surface area contributed by atoms with Gasteiger partial charge in [-0.05, 0) is 18.9 Å². The predicted molar refractivity (Wildman–Crippen MR) is 84.6 cm³/mol. The summed E-state index contributed by atoms with van der Waals surface area (Å²) < 4.78 is 0. The Hall–Kier alpha value is -2.37. The van der Waals surface area contributed by atoms with E-state index < -0.39 is 23.3 Å². The molecule has 6 heteroatoms. The number of rotatable bonds is 6. The van der Waals surface area contributed by atoms with Crippen LogP contribution in [0.2, 0.25) is 0 Å². The lowest BCUT2D eigenvalue weighted by Crippen LogP contribution is -2.62. The van der Waals surface area contributed by atoms with Crippen molar-refractivity contribution in [3.8, 4) is 0 Å². The van der Waals surface area contributed by atoms with Crippen molar-refractivity contribution >= 4 is 17.8 Å². The number of piperazine rings is 1. The predicted octanol–water partition coefficient (Wildman–Crippen LogP) is 1.46. The molecule has 0 aromatic heterocycles. The molecule has 0 radical (unpaired) electrons. The maximum Gasteiger partial charge on any atom is 0.334 e. The van der Waals surface area contributed by atoms with Gasteiger partial charge in [-0.25, -0.2) is 4.79 Å². The molecule has 0 bridgehead atoms. The molecule has 1 atom stereocenters. The highest BCUT2D eigenvalue weighted by atomic mass is 16.4. The minimum atomic E-state index is -1.55. The van der Waals surface area contributed by atoms with Gasteiger partial charge < -0.3 is 14.9 Å². The van der Waals surface area contributed by atoms with Crippen LogP contribution >= 0.6 is 0 Å². The molecule has 1 aromatic rings. The first-order valence-corrected chi connectivity index (χ1v) is 7.82. The van der Waals surface area contributed by atoms with Gasteiger partial charge in [0.25, 0.3) is 0 Å². The molecule has 1 aliphatic rings. The molecular formula is C17H22N2O4. The van der Waals surface area contributed by atoms with Crippen LogP contribution in [0.1, 0.15) is 32.3 Å². The zero-order valence-electron chi connectivity index (χ0n) is 13.5. The number of unbranched alkanes of at least 4 members (excludes halogenated alkanes) is 1. The van der Waals surface area contributed by atoms with E-state index in [0.717, 1.165) is 12.8 Å². The summed E-state index contributed by atoms with van der Waals surface area (Å²) in [6.45, 7) is 4.59. The molecule has 1 aliphatic heterocycles. The number of carboxylic acid groups (broad SMARTS) is 1. The van der Waals surface area contributed by atoms with Crippen molar-refractivity contribution in [3.05, 3.63) is 35.9 Å². The van der Waals surface area contributed by atoms with Crippen LogP contribution in [0, 0.1) is 0 Å². The molecule has 1 N–H and O–H groups in total. The lowest BCUT2D eigenvalue weighted by atomic mass is 9.89. The summed E-state index contributed by atoms with van der Waals surface area (Å²) in [6, 6.07) is 8.55. The Balaban J connectivity index is 2.30. The van der Waals surface area contributed by atoms with Crippen LogP contribution in [0.3, 0.4) is 0 Å². The highest BCUT2D eigenvalue weighted by Crippen LogP contribution is 2.30. The Kier molecular flexibility index (Phi) is 5.03. The second-order valence-electron chi connectivity index (χ2n) is 5.85. The van der Waals surface area contributed by atoms with E-state index in [9.17, 15) is 19.5 Å². The van der Waals surface area contributed by atoms with Gasteiger partial charge in [0.2, 0.25) is 0 Å². The number of amides is 2. The van der Waals surface area contributed by atoms with Crippen LogP contribution in [0.5, 0.6) is 0 Å². The first-order chi connectivity index (χ1) is 10.9. The number of carbonyl (C=O) groups is 3. The number of nitrogens with zero attached hydrogens (tertiary/aromatic N) is 2. The van der Waals surface area contributed by atoms with Crippen LogP contribution in [0.4, 0.5) is 0 Å². The van der Waals surface area contributed by atoms with Crippen molar-refractivity contribution in [1.82, 2.24) is 9.80 Å². The third kappa shape index (κ3) is 3.06. The molecule has 2 rings (SSSR count). The summed E-state index contributed by atoms with van der Waals surface area (Å²) in [6.07, 6.45) is 1.76. The number of benzene rings is 1. The monoisotopic (exact) mass is 318 g/mol. The topological polar surface area (TPSA) is 77.9 Å². The largest absolute Gasteiger partial charge is 0.479 e. The Morgan fingerprint density at radius 3 is 2.39 bits per heavy atom. The Morgan fingerprint density at radius 1 is 1.17 bits per heavy atom. The Labute approximate surface area is 135 Å². The van der Waals surface area contributed by atoms with Crippen LogP contribution in [-0.4, -0.2) is 52.3 Å². The van der Waals surface area contributed by atoms with E-state index >= 15 is 0 Å². The van der Waals surface area contributed by atoms with Crippen molar-refractivity contribution in [3.63, 3.8) is 0 Å². The smallest absolute Gasteiger partial charge is 0.334 e. The zero-order chi connectivity index (χ0) is 17.0. The molecule has 1 heterocycles. The third-order valence-corrected chi connectivity index (χ3v) is 4.38. The normalized spacial score (nSPS) is 18.0. The average molecular weight is 318 g/mol. The Morgan fingerprint density at radius 2 is 1.83 bits per heavy atom. The fraction of sp³-hybridized carbons (Fsp3) is 0.471. The highest BCUT2D eigenvalue weighted by molar-refractivity contribution is 6.36. The van der Waals surface area contributed by atoms with Gasteiger partial charge in [0.15, 0.2) is 5.54 Å². The van der Waals surface area contributed by atoms with Crippen molar-refractivity contribution in [2.75, 3.05) is 19.6 Å². The van der Waals surface area contributed by atoms with E-state index in [1.807, 2.05) is 6.92 Å². The van der Waals surface area contributed by atoms with Crippen molar-refractivity contribution < 1.29 is 19.5 Å². The molecule has 1 fully saturated rings. The fourth-order valence-corrected chi connectivity index (χ4v) is 2.82. The van der Waals surface area contributed by atoms with Crippen LogP contribution in [-0.2, 0) is 19.9 Å². The molecule has 124 valence electrons. The van der Waals surface area contributed by atoms with E-state index in [1.165, 1.54) is 16.7 Å². The fourth-order valence-electron chi connectivity index (χ4n) is 2.82. The number of hydrogen-bond donors (Lipinski definition) is 1. The summed E-state index contributed by atoms with van der Waals surface area (Å²) in [5.41, 5.74) is -1.07. The molecular weight excluding hydrogens is 296 g/mol. The number of aliphatic carboxylic acids is 1. The highest BCUT2D eigenvalue weighted by Gasteiger charge is 2.48. The molecule has 0 saturated carbocycles. The quantitative estimate of drug-likeness (QED) is 0.806. The van der Waals surface area contributed by atoms with Crippen molar-refractivity contribution in [2.45, 2.75) is 32.2 Å². The van der Waals surface area contributed by atoms with E-state index in [4.69, 9.17) is 0 Å². The minimum absolute atomic E-state index is 0.214. The molecule has 1 aromatic carbocycles. The second kappa shape index (κ2) is 6.81. The van der Waals surface area contributed by atoms with Gasteiger partial charge in [-0.2, -0.15) is 0 Å². The molecule has 2 amide bonds. The number of hydrogen-bond acceptors (Lipinski definition) is 3. The van der Waals surface area contributed by atoms with Gasteiger partial charge >= 0.3 is 17.8 Å². The van der Waals surface area contributed by atoms with Gasteiger partial charge in [0.05, 0.1) is 0 Å². The second-order valence-corrected chi connectivity index (χ2v) is 5.85. The zero-order valence-corrected chi connectivity index (χ0v) is 13.5. The lowest BCUT2D eigenvalue weighted by molar-refractivity contribution is -0.169. The van der Waals surface area contributed by atoms with Gasteiger partial charge in [0.1, 0.15) is 0 Å². The summed E-state index contributed by atoms with van der Waals surface area (Å²) in [7, 11) is 0. The molecule has 1 unspecified atom stereocenters. The van der Waals surface area contributed by atoms with E-state index in [2.05, 4.69) is 0 Å². The lowest BCUT2D eigenvalue weighted by Gasteiger charge is -2.42. The first kappa shape index (κ1) is 17.0. The summed E-state index contributed by atoms with van der Waals surface area (Å²) in [4.78, 5) is 39.4. The molecule has 1 saturated heterocycles. The molecule has 23 heavy (non-hydrogen) atoms. The van der Waals surface area contributed by atoms with E-state index in [0.29, 0.717) is 18.7 Å². The summed E-state index contributed by atoms with van der Waals surface area (Å²) in [5.74, 6) is -2.51. The average Bonchev–Trinajstić information content (AvgIpc) is 2.56. The van der Waals surface area contributed by atoms with Gasteiger partial charge in [-0.1, -0.05) is 43.7 Å². The maximum atomic E-state index is 12.5. The standard InChI is InChI=1S/C17H22N2O4/c1-3-4-10-18-11-12-19(15(21)14(18)20)17(2,16(22)23)13-8-6-5-7-9-13/h5-9H,3-4,10-12H2,1-2H3,(H,22,23). The molecule has 6 nitrogen and oxygen atoms in total. The van der Waals surface area contributed by atoms with E-state index in [1.54, 1.807) is 30.3 Å².